The summed E-state index contributed by atoms with van der Waals surface area (Å²) in [6.45, 7) is 5.79. The van der Waals surface area contributed by atoms with Crippen molar-refractivity contribution in [3.63, 3.8) is 0 Å². The predicted octanol–water partition coefficient (Wildman–Crippen LogP) is 3.46. The van der Waals surface area contributed by atoms with Gasteiger partial charge in [0.15, 0.2) is 0 Å². The van der Waals surface area contributed by atoms with Gasteiger partial charge in [-0.05, 0) is 97.7 Å². The van der Waals surface area contributed by atoms with E-state index in [2.05, 4.69) is 0 Å². The van der Waals surface area contributed by atoms with E-state index < -0.39 is 0 Å². The maximum absolute atomic E-state index is 7.30. The maximum Gasteiger partial charge on any atom is 0.0928 e. The van der Waals surface area contributed by atoms with Gasteiger partial charge in [0.1, 0.15) is 0 Å². The van der Waals surface area contributed by atoms with E-state index in [1.54, 1.807) is 0 Å². The second-order valence-electron chi connectivity index (χ2n) is 14.9. The average molecular weight is 499 g/mol. The highest BCUT2D eigenvalue weighted by Gasteiger charge is 2.96. The van der Waals surface area contributed by atoms with Gasteiger partial charge in [0.25, 0.3) is 0 Å². The van der Waals surface area contributed by atoms with Crippen LogP contribution in [0.3, 0.4) is 0 Å². The molecule has 36 heavy (non-hydrogen) atoms. The van der Waals surface area contributed by atoms with E-state index in [0.29, 0.717) is 39.6 Å². The van der Waals surface area contributed by atoms with Crippen molar-refractivity contribution in [2.75, 3.05) is 52.9 Å². The van der Waals surface area contributed by atoms with Gasteiger partial charge in [-0.2, -0.15) is 0 Å². The third-order valence-electron chi connectivity index (χ3n) is 13.6. The maximum atomic E-state index is 7.30. The van der Waals surface area contributed by atoms with Gasteiger partial charge in [0, 0.05) is 26.1 Å². The molecule has 6 nitrogen and oxygen atoms in total. The average Bonchev–Trinajstić information content (AvgIpc) is 3.49. The molecule has 12 fully saturated rings. The largest absolute Gasteiger partial charge is 0.379 e. The summed E-state index contributed by atoms with van der Waals surface area (Å²) in [6, 6.07) is 0. The van der Waals surface area contributed by atoms with Gasteiger partial charge < -0.3 is 28.4 Å². The molecule has 7 aliphatic carbocycles. The Morgan fingerprint density at radius 3 is 1.50 bits per heavy atom. The zero-order valence-corrected chi connectivity index (χ0v) is 21.5. The van der Waals surface area contributed by atoms with E-state index >= 15 is 0 Å². The van der Waals surface area contributed by atoms with Crippen molar-refractivity contribution in [3.8, 4) is 0 Å². The lowest BCUT2D eigenvalue weighted by molar-refractivity contribution is -0.300. The Kier molecular flexibility index (Phi) is 4.14. The second-order valence-corrected chi connectivity index (χ2v) is 14.9. The summed E-state index contributed by atoms with van der Waals surface area (Å²) in [5.74, 6) is 8.67. The summed E-state index contributed by atoms with van der Waals surface area (Å²) in [6.07, 6.45) is 9.70. The minimum absolute atomic E-state index is 0.101. The van der Waals surface area contributed by atoms with Crippen LogP contribution in [0.2, 0.25) is 0 Å². The molecular weight excluding hydrogens is 456 g/mol. The van der Waals surface area contributed by atoms with E-state index in [1.165, 1.54) is 12.8 Å². The first-order valence-corrected chi connectivity index (χ1v) is 15.4. The molecule has 5 heterocycles. The molecule has 6 heteroatoms. The van der Waals surface area contributed by atoms with Gasteiger partial charge in [0.2, 0.25) is 0 Å². The molecule has 0 amide bonds. The van der Waals surface area contributed by atoms with Gasteiger partial charge in [-0.25, -0.2) is 0 Å². The van der Waals surface area contributed by atoms with Crippen molar-refractivity contribution in [2.24, 2.45) is 59.2 Å². The summed E-state index contributed by atoms with van der Waals surface area (Å²) in [4.78, 5) is 0. The summed E-state index contributed by atoms with van der Waals surface area (Å²) in [5, 5.41) is 0. The smallest absolute Gasteiger partial charge is 0.0928 e. The zero-order valence-electron chi connectivity index (χ0n) is 21.5. The molecule has 4 spiro atoms. The lowest BCUT2D eigenvalue weighted by Crippen LogP contribution is -2.64. The van der Waals surface area contributed by atoms with Gasteiger partial charge in [-0.15, -0.1) is 0 Å². The van der Waals surface area contributed by atoms with E-state index in [-0.39, 0.29) is 22.4 Å². The van der Waals surface area contributed by atoms with Crippen LogP contribution in [0.5, 0.6) is 0 Å². The first-order valence-electron chi connectivity index (χ1n) is 15.4. The van der Waals surface area contributed by atoms with Crippen LogP contribution in [0.4, 0.5) is 0 Å². The highest BCUT2D eigenvalue weighted by molar-refractivity contribution is 5.43. The molecule has 0 N–H and O–H groups in total. The SMILES string of the molecule is C1COCC23CC4CC(C2)CC(COCCOCCC25OC6(CCO1)C1C7CC(C8C7C6C82)C15)(C4)O3. The lowest BCUT2D eigenvalue weighted by atomic mass is 9.54. The van der Waals surface area contributed by atoms with E-state index in [4.69, 9.17) is 28.4 Å². The number of hydrogen-bond acceptors (Lipinski definition) is 6. The molecule has 10 unspecified atom stereocenters. The van der Waals surface area contributed by atoms with Crippen molar-refractivity contribution >= 4 is 0 Å². The number of rotatable bonds is 0. The minimum atomic E-state index is -0.101. The highest BCUT2D eigenvalue weighted by atomic mass is 16.6. The molecule has 0 aromatic heterocycles. The van der Waals surface area contributed by atoms with Crippen LogP contribution in [0.25, 0.3) is 0 Å². The Labute approximate surface area is 214 Å². The van der Waals surface area contributed by atoms with Gasteiger partial charge in [-0.1, -0.05) is 0 Å². The van der Waals surface area contributed by atoms with Crippen LogP contribution in [0, 0.1) is 59.2 Å². The van der Waals surface area contributed by atoms with E-state index in [0.717, 1.165) is 111 Å². The fourth-order valence-corrected chi connectivity index (χ4v) is 13.8. The van der Waals surface area contributed by atoms with Crippen molar-refractivity contribution in [2.45, 2.75) is 73.8 Å². The molecule has 7 saturated carbocycles. The highest BCUT2D eigenvalue weighted by Crippen LogP contribution is 2.93. The Morgan fingerprint density at radius 2 is 0.972 bits per heavy atom. The monoisotopic (exact) mass is 498 g/mol. The summed E-state index contributed by atoms with van der Waals surface area (Å²) < 4.78 is 39.1. The van der Waals surface area contributed by atoms with Crippen molar-refractivity contribution in [1.29, 1.82) is 0 Å². The van der Waals surface area contributed by atoms with Gasteiger partial charge in [-0.3, -0.25) is 0 Å². The zero-order chi connectivity index (χ0) is 23.3. The molecule has 12 aliphatic rings. The molecule has 10 atom stereocenters. The van der Waals surface area contributed by atoms with Crippen LogP contribution in [-0.2, 0) is 28.4 Å². The summed E-state index contributed by atoms with van der Waals surface area (Å²) in [7, 11) is 0. The third-order valence-corrected chi connectivity index (χ3v) is 13.6. The first-order chi connectivity index (χ1) is 17.7. The van der Waals surface area contributed by atoms with Crippen molar-refractivity contribution in [1.82, 2.24) is 0 Å². The van der Waals surface area contributed by atoms with Crippen LogP contribution in [0.15, 0.2) is 0 Å². The second kappa shape index (κ2) is 6.90. The molecule has 12 rings (SSSR count). The summed E-state index contributed by atoms with van der Waals surface area (Å²) >= 11 is 0. The predicted molar refractivity (Wildman–Crippen MR) is 128 cm³/mol. The van der Waals surface area contributed by atoms with Gasteiger partial charge in [0.05, 0.1) is 62.0 Å². The molecule has 198 valence electrons. The number of ether oxygens (including phenoxy) is 6. The van der Waals surface area contributed by atoms with Crippen molar-refractivity contribution < 1.29 is 28.4 Å². The molecule has 0 aromatic carbocycles. The van der Waals surface area contributed by atoms with Crippen LogP contribution in [0.1, 0.15) is 51.4 Å². The molecule has 5 aliphatic heterocycles. The molecule has 0 radical (unpaired) electrons. The number of hydrogen-bond donors (Lipinski definition) is 0. The standard InChI is InChI=1S/C30H42O6/c1-3-31-5-7-33-15-27-11-17-9-18(12-27)14-28(13-17,35-27)16-34-8-6-32-4-2-30-24-20-10-19-21-22(20)26(30)25(21)29(1,36-30)23(19)24/h17-26H,1-16H2. The quantitative estimate of drug-likeness (QED) is 0.510. The third kappa shape index (κ3) is 2.37. The van der Waals surface area contributed by atoms with Crippen molar-refractivity contribution in [3.05, 3.63) is 0 Å². The van der Waals surface area contributed by atoms with E-state index in [1.807, 2.05) is 0 Å². The first kappa shape index (κ1) is 21.6. The Morgan fingerprint density at radius 1 is 0.472 bits per heavy atom. The Balaban J connectivity index is 0.876. The molecule has 8 bridgehead atoms. The van der Waals surface area contributed by atoms with Crippen LogP contribution < -0.4 is 0 Å². The normalized spacial score (nSPS) is 66.0. The fourth-order valence-electron chi connectivity index (χ4n) is 13.8. The Hall–Kier alpha value is -0.240. The van der Waals surface area contributed by atoms with E-state index in [9.17, 15) is 0 Å². The van der Waals surface area contributed by atoms with Gasteiger partial charge >= 0.3 is 0 Å². The fraction of sp³-hybridized carbons (Fsp3) is 1.00. The Bertz CT molecular complexity index is 881. The summed E-state index contributed by atoms with van der Waals surface area (Å²) in [5.41, 5.74) is 0.0457. The van der Waals surface area contributed by atoms with Crippen LogP contribution >= 0.6 is 0 Å². The molecule has 0 aromatic rings. The topological polar surface area (TPSA) is 55.4 Å². The molecule has 5 saturated heterocycles. The molecular formula is C30H42O6. The van der Waals surface area contributed by atoms with Crippen LogP contribution in [-0.4, -0.2) is 75.3 Å². The lowest BCUT2D eigenvalue weighted by Gasteiger charge is -2.61. The minimum Gasteiger partial charge on any atom is -0.379 e.